The van der Waals surface area contributed by atoms with Crippen LogP contribution in [0.2, 0.25) is 0 Å². The zero-order valence-electron chi connectivity index (χ0n) is 16.2. The molecule has 27 heavy (non-hydrogen) atoms. The van der Waals surface area contributed by atoms with E-state index < -0.39 is 5.63 Å². The van der Waals surface area contributed by atoms with E-state index in [1.54, 1.807) is 18.2 Å². The molecule has 0 saturated heterocycles. The van der Waals surface area contributed by atoms with E-state index in [9.17, 15) is 9.59 Å². The lowest BCUT2D eigenvalue weighted by atomic mass is 9.84. The van der Waals surface area contributed by atoms with Gasteiger partial charge in [0, 0.05) is 23.6 Å². The minimum Gasteiger partial charge on any atom is -0.491 e. The summed E-state index contributed by atoms with van der Waals surface area (Å²) in [5.74, 6) is 2.53. The van der Waals surface area contributed by atoms with Crippen LogP contribution in [0.1, 0.15) is 56.8 Å². The first-order valence-corrected chi connectivity index (χ1v) is 9.96. The summed E-state index contributed by atoms with van der Waals surface area (Å²) < 4.78 is 11.0. The van der Waals surface area contributed by atoms with Crippen molar-refractivity contribution in [1.82, 2.24) is 5.32 Å². The Morgan fingerprint density at radius 3 is 2.67 bits per heavy atom. The average Bonchev–Trinajstić information content (AvgIpc) is 3.23. The number of hydrogen-bond donors (Lipinski definition) is 1. The van der Waals surface area contributed by atoms with Gasteiger partial charge in [-0.25, -0.2) is 4.79 Å². The van der Waals surface area contributed by atoms with Crippen molar-refractivity contribution in [1.29, 1.82) is 0 Å². The summed E-state index contributed by atoms with van der Waals surface area (Å²) in [4.78, 5) is 24.9. The van der Waals surface area contributed by atoms with Crippen LogP contribution in [0.5, 0.6) is 5.75 Å². The number of rotatable bonds is 5. The first-order valence-electron chi connectivity index (χ1n) is 9.96. The highest BCUT2D eigenvalue weighted by molar-refractivity contribution is 6.05. The molecular formula is C22H27NO4. The molecule has 2 aliphatic carbocycles. The second kappa shape index (κ2) is 7.02. The number of ether oxygens (including phenoxy) is 1. The predicted octanol–water partition coefficient (Wildman–Crippen LogP) is 4.13. The van der Waals surface area contributed by atoms with E-state index in [1.165, 1.54) is 31.7 Å². The highest BCUT2D eigenvalue weighted by Crippen LogP contribution is 2.49. The standard InChI is InChI=1S/C22H27NO4/c1-12(2)26-16-6-7-17-19(11-21(24)27-20(17)10-16)22(25)23-13(3)18-9-14-4-5-15(18)8-14/h6-7,10-15,18H,4-5,8-9H2,1-3H3,(H,23,25). The molecule has 2 aromatic rings. The van der Waals surface area contributed by atoms with Crippen LogP contribution in [-0.2, 0) is 0 Å². The molecule has 2 aliphatic rings. The van der Waals surface area contributed by atoms with Crippen molar-refractivity contribution >= 4 is 16.9 Å². The van der Waals surface area contributed by atoms with E-state index in [1.807, 2.05) is 13.8 Å². The van der Waals surface area contributed by atoms with Gasteiger partial charge in [0.2, 0.25) is 0 Å². The zero-order valence-corrected chi connectivity index (χ0v) is 16.2. The molecule has 1 heterocycles. The molecule has 1 aromatic carbocycles. The van der Waals surface area contributed by atoms with Crippen LogP contribution < -0.4 is 15.7 Å². The van der Waals surface area contributed by atoms with E-state index in [-0.39, 0.29) is 18.1 Å². The molecule has 4 atom stereocenters. The summed E-state index contributed by atoms with van der Waals surface area (Å²) in [6.45, 7) is 5.95. The Morgan fingerprint density at radius 2 is 2.00 bits per heavy atom. The average molecular weight is 369 g/mol. The van der Waals surface area contributed by atoms with Crippen molar-refractivity contribution < 1.29 is 13.9 Å². The largest absolute Gasteiger partial charge is 0.491 e. The number of carbonyl (C=O) groups excluding carboxylic acids is 1. The summed E-state index contributed by atoms with van der Waals surface area (Å²) in [7, 11) is 0. The lowest BCUT2D eigenvalue weighted by molar-refractivity contribution is 0.0916. The van der Waals surface area contributed by atoms with Gasteiger partial charge in [-0.3, -0.25) is 4.79 Å². The van der Waals surface area contributed by atoms with Crippen LogP contribution in [0, 0.1) is 17.8 Å². The summed E-state index contributed by atoms with van der Waals surface area (Å²) >= 11 is 0. The molecule has 1 aromatic heterocycles. The molecule has 2 bridgehead atoms. The Balaban J connectivity index is 1.58. The third kappa shape index (κ3) is 3.60. The van der Waals surface area contributed by atoms with Crippen LogP contribution in [0.15, 0.2) is 33.5 Å². The highest BCUT2D eigenvalue weighted by atomic mass is 16.5. The van der Waals surface area contributed by atoms with Crippen molar-refractivity contribution in [2.75, 3.05) is 0 Å². The van der Waals surface area contributed by atoms with E-state index in [0.29, 0.717) is 28.2 Å². The van der Waals surface area contributed by atoms with Gasteiger partial charge in [0.25, 0.3) is 5.91 Å². The molecule has 1 amide bonds. The van der Waals surface area contributed by atoms with E-state index in [2.05, 4.69) is 12.2 Å². The minimum absolute atomic E-state index is 0.0169. The fourth-order valence-corrected chi connectivity index (χ4v) is 4.97. The molecule has 0 spiro atoms. The quantitative estimate of drug-likeness (QED) is 0.805. The van der Waals surface area contributed by atoms with Crippen molar-refractivity contribution in [2.45, 2.75) is 58.6 Å². The molecule has 2 saturated carbocycles. The Hall–Kier alpha value is -2.30. The van der Waals surface area contributed by atoms with E-state index in [4.69, 9.17) is 9.15 Å². The number of hydrogen-bond acceptors (Lipinski definition) is 4. The third-order valence-electron chi connectivity index (χ3n) is 6.13. The maximum atomic E-state index is 12.9. The molecule has 4 unspecified atom stereocenters. The summed E-state index contributed by atoms with van der Waals surface area (Å²) in [6, 6.07) is 6.66. The maximum Gasteiger partial charge on any atom is 0.337 e. The van der Waals surface area contributed by atoms with E-state index in [0.717, 1.165) is 11.8 Å². The Bertz CT molecular complexity index is 916. The van der Waals surface area contributed by atoms with Gasteiger partial charge in [0.1, 0.15) is 11.3 Å². The minimum atomic E-state index is -0.526. The van der Waals surface area contributed by atoms with Crippen LogP contribution in [0.25, 0.3) is 11.0 Å². The van der Waals surface area contributed by atoms with Gasteiger partial charge in [0.05, 0.1) is 11.7 Å². The van der Waals surface area contributed by atoms with Crippen molar-refractivity contribution in [2.24, 2.45) is 17.8 Å². The van der Waals surface area contributed by atoms with Crippen LogP contribution in [0.4, 0.5) is 0 Å². The van der Waals surface area contributed by atoms with Crippen LogP contribution in [0.3, 0.4) is 0 Å². The Labute approximate surface area is 159 Å². The fourth-order valence-electron chi connectivity index (χ4n) is 4.97. The summed E-state index contributed by atoms with van der Waals surface area (Å²) in [5.41, 5.74) is 0.215. The molecule has 5 nitrogen and oxygen atoms in total. The number of carbonyl (C=O) groups is 1. The Kier molecular flexibility index (Phi) is 4.70. The van der Waals surface area contributed by atoms with Crippen molar-refractivity contribution in [3.8, 4) is 5.75 Å². The number of nitrogens with one attached hydrogen (secondary N) is 1. The lowest BCUT2D eigenvalue weighted by Gasteiger charge is -2.28. The van der Waals surface area contributed by atoms with Crippen LogP contribution in [-0.4, -0.2) is 18.1 Å². The molecule has 4 rings (SSSR count). The highest BCUT2D eigenvalue weighted by Gasteiger charge is 2.42. The topological polar surface area (TPSA) is 68.5 Å². The van der Waals surface area contributed by atoms with Crippen molar-refractivity contribution in [3.63, 3.8) is 0 Å². The van der Waals surface area contributed by atoms with Gasteiger partial charge < -0.3 is 14.5 Å². The number of fused-ring (bicyclic) bond motifs is 3. The second-order valence-electron chi connectivity index (χ2n) is 8.40. The maximum absolute atomic E-state index is 12.9. The Morgan fingerprint density at radius 1 is 1.19 bits per heavy atom. The molecule has 5 heteroatoms. The zero-order chi connectivity index (χ0) is 19.1. The van der Waals surface area contributed by atoms with Crippen LogP contribution >= 0.6 is 0 Å². The summed E-state index contributed by atoms with van der Waals surface area (Å²) in [5, 5.41) is 3.77. The van der Waals surface area contributed by atoms with Crippen molar-refractivity contribution in [3.05, 3.63) is 40.2 Å². The first kappa shape index (κ1) is 18.1. The SMILES string of the molecule is CC(C)Oc1ccc2c(C(=O)NC(C)C3CC4CCC3C4)cc(=O)oc2c1. The molecule has 1 N–H and O–H groups in total. The van der Waals surface area contributed by atoms with Gasteiger partial charge >= 0.3 is 5.63 Å². The predicted molar refractivity (Wildman–Crippen MR) is 104 cm³/mol. The lowest BCUT2D eigenvalue weighted by Crippen LogP contribution is -2.40. The van der Waals surface area contributed by atoms with Gasteiger partial charge in [0.15, 0.2) is 0 Å². The molecule has 0 aliphatic heterocycles. The first-order chi connectivity index (χ1) is 12.9. The molecule has 144 valence electrons. The number of benzene rings is 1. The second-order valence-corrected chi connectivity index (χ2v) is 8.40. The normalized spacial score (nSPS) is 25.1. The molecular weight excluding hydrogens is 342 g/mol. The van der Waals surface area contributed by atoms with Gasteiger partial charge in [-0.05, 0) is 69.9 Å². The van der Waals surface area contributed by atoms with Gasteiger partial charge in [-0.2, -0.15) is 0 Å². The van der Waals surface area contributed by atoms with E-state index >= 15 is 0 Å². The van der Waals surface area contributed by atoms with Gasteiger partial charge in [-0.1, -0.05) is 6.42 Å². The fraction of sp³-hybridized carbons (Fsp3) is 0.545. The monoisotopic (exact) mass is 369 g/mol. The summed E-state index contributed by atoms with van der Waals surface area (Å²) in [6.07, 6.45) is 5.16. The number of amides is 1. The third-order valence-corrected chi connectivity index (χ3v) is 6.13. The van der Waals surface area contributed by atoms with Gasteiger partial charge in [-0.15, -0.1) is 0 Å². The smallest absolute Gasteiger partial charge is 0.337 e. The molecule has 2 fully saturated rings. The molecule has 0 radical (unpaired) electrons.